The maximum atomic E-state index is 12.6. The topological polar surface area (TPSA) is 65.4 Å². The van der Waals surface area contributed by atoms with E-state index in [1.807, 2.05) is 29.9 Å². The van der Waals surface area contributed by atoms with Gasteiger partial charge in [0.25, 0.3) is 5.91 Å². The summed E-state index contributed by atoms with van der Waals surface area (Å²) in [4.78, 5) is 25.4. The number of carboxylic acids is 1. The normalized spacial score (nSPS) is 16.4. The van der Waals surface area contributed by atoms with Gasteiger partial charge in [0.1, 0.15) is 0 Å². The zero-order valence-electron chi connectivity index (χ0n) is 12.1. The van der Waals surface area contributed by atoms with Crippen LogP contribution in [0.4, 0.5) is 5.69 Å². The lowest BCUT2D eigenvalue weighted by atomic mass is 10.2. The number of hydrogen-bond donors (Lipinski definition) is 0. The van der Waals surface area contributed by atoms with Gasteiger partial charge in [-0.15, -0.1) is 0 Å². The fourth-order valence-electron chi connectivity index (χ4n) is 2.22. The lowest BCUT2D eigenvalue weighted by Gasteiger charge is -2.15. The standard InChI is InChI=1S/C16H12N2O3S2/c1-17-7-3-6-11(17)9-13-14(19)18(16(22)23-13)12-5-2-4-10(8-12)15(20)21/h2-9H,1H3,(H,20,21)/p-1/b13-9+. The van der Waals surface area contributed by atoms with E-state index >= 15 is 0 Å². The molecule has 0 unspecified atom stereocenters. The molecule has 1 aliphatic heterocycles. The number of amides is 1. The Balaban J connectivity index is 1.96. The minimum Gasteiger partial charge on any atom is -0.545 e. The highest BCUT2D eigenvalue weighted by molar-refractivity contribution is 8.27. The van der Waals surface area contributed by atoms with Crippen LogP contribution in [0.5, 0.6) is 0 Å². The number of hydrogen-bond acceptors (Lipinski definition) is 5. The molecule has 0 aliphatic carbocycles. The van der Waals surface area contributed by atoms with Crippen molar-refractivity contribution < 1.29 is 14.7 Å². The molecule has 7 heteroatoms. The quantitative estimate of drug-likeness (QED) is 0.628. The molecule has 0 atom stereocenters. The molecule has 0 saturated carbocycles. The fourth-order valence-corrected chi connectivity index (χ4v) is 3.50. The molecule has 1 fully saturated rings. The van der Waals surface area contributed by atoms with Crippen LogP contribution in [0, 0.1) is 0 Å². The third kappa shape index (κ3) is 2.93. The van der Waals surface area contributed by atoms with Crippen molar-refractivity contribution in [3.05, 3.63) is 58.8 Å². The van der Waals surface area contributed by atoms with Gasteiger partial charge >= 0.3 is 0 Å². The van der Waals surface area contributed by atoms with E-state index in [0.717, 1.165) is 5.69 Å². The van der Waals surface area contributed by atoms with Gasteiger partial charge in [-0.2, -0.15) is 0 Å². The lowest BCUT2D eigenvalue weighted by Crippen LogP contribution is -2.28. The molecular formula is C16H11N2O3S2-. The molecule has 23 heavy (non-hydrogen) atoms. The van der Waals surface area contributed by atoms with Crippen LogP contribution in [0.2, 0.25) is 0 Å². The lowest BCUT2D eigenvalue weighted by molar-refractivity contribution is -0.255. The molecule has 2 heterocycles. The third-order valence-electron chi connectivity index (χ3n) is 3.40. The first kappa shape index (κ1) is 15.5. The largest absolute Gasteiger partial charge is 0.545 e. The number of anilines is 1. The number of thioether (sulfide) groups is 1. The first-order valence-electron chi connectivity index (χ1n) is 6.68. The maximum Gasteiger partial charge on any atom is 0.270 e. The van der Waals surface area contributed by atoms with Crippen LogP contribution >= 0.6 is 24.0 Å². The van der Waals surface area contributed by atoms with Gasteiger partial charge in [0.15, 0.2) is 4.32 Å². The van der Waals surface area contributed by atoms with E-state index < -0.39 is 5.97 Å². The molecule has 1 aromatic carbocycles. The molecule has 1 saturated heterocycles. The molecule has 1 amide bonds. The van der Waals surface area contributed by atoms with E-state index in [2.05, 4.69) is 0 Å². The van der Waals surface area contributed by atoms with Crippen LogP contribution in [0.3, 0.4) is 0 Å². The Kier molecular flexibility index (Phi) is 4.06. The Labute approximate surface area is 142 Å². The average molecular weight is 343 g/mol. The SMILES string of the molecule is Cn1cccc1/C=C1/SC(=S)N(c2cccc(C(=O)[O-])c2)C1=O. The van der Waals surface area contributed by atoms with Crippen molar-refractivity contribution in [3.8, 4) is 0 Å². The van der Waals surface area contributed by atoms with Gasteiger partial charge in [-0.25, -0.2) is 0 Å². The molecule has 0 N–H and O–H groups in total. The van der Waals surface area contributed by atoms with Crippen molar-refractivity contribution in [1.29, 1.82) is 0 Å². The Morgan fingerprint density at radius 2 is 2.09 bits per heavy atom. The highest BCUT2D eigenvalue weighted by Crippen LogP contribution is 2.36. The van der Waals surface area contributed by atoms with Crippen molar-refractivity contribution in [2.24, 2.45) is 7.05 Å². The van der Waals surface area contributed by atoms with E-state index in [4.69, 9.17) is 12.2 Å². The monoisotopic (exact) mass is 343 g/mol. The number of benzene rings is 1. The van der Waals surface area contributed by atoms with Gasteiger partial charge < -0.3 is 14.5 Å². The summed E-state index contributed by atoms with van der Waals surface area (Å²) in [5.41, 5.74) is 1.31. The molecule has 0 bridgehead atoms. The predicted molar refractivity (Wildman–Crippen MR) is 91.8 cm³/mol. The first-order chi connectivity index (χ1) is 11.0. The van der Waals surface area contributed by atoms with Crippen LogP contribution in [0.1, 0.15) is 16.1 Å². The van der Waals surface area contributed by atoms with Crippen LogP contribution < -0.4 is 10.0 Å². The molecule has 0 spiro atoms. The van der Waals surface area contributed by atoms with Gasteiger partial charge in [-0.05, 0) is 35.9 Å². The van der Waals surface area contributed by atoms with Gasteiger partial charge in [-0.3, -0.25) is 9.69 Å². The van der Waals surface area contributed by atoms with E-state index in [9.17, 15) is 14.7 Å². The van der Waals surface area contributed by atoms with Crippen LogP contribution in [-0.2, 0) is 11.8 Å². The minimum absolute atomic E-state index is 0.00274. The molecule has 116 valence electrons. The summed E-state index contributed by atoms with van der Waals surface area (Å²) < 4.78 is 2.26. The van der Waals surface area contributed by atoms with Crippen molar-refractivity contribution in [1.82, 2.24) is 4.57 Å². The number of carbonyl (C=O) groups is 2. The van der Waals surface area contributed by atoms with Crippen molar-refractivity contribution >= 4 is 51.9 Å². The molecule has 1 aromatic heterocycles. The summed E-state index contributed by atoms with van der Waals surface area (Å²) in [5, 5.41) is 11.0. The summed E-state index contributed by atoms with van der Waals surface area (Å²) in [6.07, 6.45) is 3.65. The second-order valence-corrected chi connectivity index (χ2v) is 6.57. The third-order valence-corrected chi connectivity index (χ3v) is 4.70. The van der Waals surface area contributed by atoms with Gasteiger partial charge in [0.2, 0.25) is 0 Å². The predicted octanol–water partition coefficient (Wildman–Crippen LogP) is 1.79. The van der Waals surface area contributed by atoms with E-state index in [-0.39, 0.29) is 11.5 Å². The summed E-state index contributed by atoms with van der Waals surface area (Å²) in [7, 11) is 1.88. The fraction of sp³-hybridized carbons (Fsp3) is 0.0625. The number of rotatable bonds is 3. The molecule has 0 radical (unpaired) electrons. The molecular weight excluding hydrogens is 332 g/mol. The van der Waals surface area contributed by atoms with Crippen LogP contribution in [0.15, 0.2) is 47.5 Å². The van der Waals surface area contributed by atoms with Crippen LogP contribution in [0.25, 0.3) is 6.08 Å². The van der Waals surface area contributed by atoms with Crippen LogP contribution in [-0.4, -0.2) is 20.8 Å². The number of aryl methyl sites for hydroxylation is 1. The number of carbonyl (C=O) groups excluding carboxylic acids is 2. The summed E-state index contributed by atoms with van der Waals surface area (Å²) in [5.74, 6) is -1.56. The second-order valence-electron chi connectivity index (χ2n) is 4.90. The number of thiocarbonyl (C=S) groups is 1. The molecule has 1 aliphatic rings. The minimum atomic E-state index is -1.29. The Morgan fingerprint density at radius 3 is 2.74 bits per heavy atom. The van der Waals surface area contributed by atoms with E-state index in [0.29, 0.717) is 14.9 Å². The summed E-state index contributed by atoms with van der Waals surface area (Å²) >= 11 is 6.46. The highest BCUT2D eigenvalue weighted by atomic mass is 32.2. The van der Waals surface area contributed by atoms with E-state index in [1.54, 1.807) is 18.2 Å². The summed E-state index contributed by atoms with van der Waals surface area (Å²) in [6.45, 7) is 0. The smallest absolute Gasteiger partial charge is 0.270 e. The number of carboxylic acid groups (broad SMARTS) is 1. The Hall–Kier alpha value is -2.38. The van der Waals surface area contributed by atoms with E-state index in [1.165, 1.54) is 28.8 Å². The highest BCUT2D eigenvalue weighted by Gasteiger charge is 2.33. The molecule has 5 nitrogen and oxygen atoms in total. The average Bonchev–Trinajstić information content (AvgIpc) is 3.03. The van der Waals surface area contributed by atoms with Crippen molar-refractivity contribution in [3.63, 3.8) is 0 Å². The maximum absolute atomic E-state index is 12.6. The van der Waals surface area contributed by atoms with Gasteiger partial charge in [0, 0.05) is 18.9 Å². The Bertz CT molecular complexity index is 855. The number of aromatic nitrogens is 1. The van der Waals surface area contributed by atoms with Gasteiger partial charge in [0.05, 0.1) is 16.6 Å². The second kappa shape index (κ2) is 6.02. The first-order valence-corrected chi connectivity index (χ1v) is 7.90. The molecule has 3 rings (SSSR count). The van der Waals surface area contributed by atoms with Crippen molar-refractivity contribution in [2.45, 2.75) is 0 Å². The zero-order chi connectivity index (χ0) is 16.6. The number of nitrogens with zero attached hydrogens (tertiary/aromatic N) is 2. The Morgan fingerprint density at radius 1 is 1.30 bits per heavy atom. The van der Waals surface area contributed by atoms with Crippen molar-refractivity contribution in [2.75, 3.05) is 4.90 Å². The number of aromatic carboxylic acids is 1. The zero-order valence-corrected chi connectivity index (χ0v) is 13.7. The van der Waals surface area contributed by atoms with Gasteiger partial charge in [-0.1, -0.05) is 36.1 Å². The summed E-state index contributed by atoms with van der Waals surface area (Å²) in [6, 6.07) is 9.77. The molecule has 2 aromatic rings.